The molecule has 0 amide bonds. The molecule has 0 heterocycles. The molecule has 1 rings (SSSR count). The van der Waals surface area contributed by atoms with Gasteiger partial charge in [-0.05, 0) is 63.7 Å². The molecular weight excluding hydrogens is 348 g/mol. The Kier molecular flexibility index (Phi) is 11.4. The quantitative estimate of drug-likeness (QED) is 0.197. The molecule has 28 heavy (non-hydrogen) atoms. The minimum absolute atomic E-state index is 0.0429. The van der Waals surface area contributed by atoms with Gasteiger partial charge in [-0.2, -0.15) is 0 Å². The minimum Gasteiger partial charge on any atom is -0.463 e. The van der Waals surface area contributed by atoms with E-state index in [4.69, 9.17) is 4.74 Å². The van der Waals surface area contributed by atoms with Crippen LogP contribution in [0.1, 0.15) is 98.8 Å². The van der Waals surface area contributed by atoms with Crippen molar-refractivity contribution in [1.82, 2.24) is 0 Å². The van der Waals surface area contributed by atoms with Crippen molar-refractivity contribution in [3.8, 4) is 0 Å². The summed E-state index contributed by atoms with van der Waals surface area (Å²) < 4.78 is 5.13. The van der Waals surface area contributed by atoms with E-state index >= 15 is 0 Å². The summed E-state index contributed by atoms with van der Waals surface area (Å²) in [6.07, 6.45) is 18.4. The molecule has 0 unspecified atom stereocenters. The number of hydrogen-bond acceptors (Lipinski definition) is 3. The van der Waals surface area contributed by atoms with Crippen molar-refractivity contribution >= 4 is 11.8 Å². The summed E-state index contributed by atoms with van der Waals surface area (Å²) in [5.41, 5.74) is 0.348. The Morgan fingerprint density at radius 2 is 1.96 bits per heavy atom. The predicted octanol–water partition coefficient (Wildman–Crippen LogP) is 6.81. The number of Topliss-reactive ketones (excluding diaryl/α,β-unsaturated/α-hetero) is 1. The normalized spacial score (nSPS) is 20.7. The fraction of sp³-hybridized carbons (Fsp3) is 0.760. The van der Waals surface area contributed by atoms with E-state index in [1.54, 1.807) is 0 Å². The molecule has 0 aromatic rings. The first-order chi connectivity index (χ1) is 13.2. The fourth-order valence-electron chi connectivity index (χ4n) is 3.84. The summed E-state index contributed by atoms with van der Waals surface area (Å²) in [6.45, 7) is 10.7. The van der Waals surface area contributed by atoms with Crippen LogP contribution < -0.4 is 0 Å². The van der Waals surface area contributed by atoms with E-state index in [0.29, 0.717) is 30.0 Å². The number of unbranched alkanes of at least 4 members (excludes halogenated alkanes) is 2. The number of ketones is 1. The molecule has 1 aliphatic rings. The molecule has 0 bridgehead atoms. The largest absolute Gasteiger partial charge is 0.463 e. The van der Waals surface area contributed by atoms with Gasteiger partial charge < -0.3 is 4.74 Å². The zero-order chi connectivity index (χ0) is 21.0. The van der Waals surface area contributed by atoms with E-state index in [0.717, 1.165) is 32.1 Å². The summed E-state index contributed by atoms with van der Waals surface area (Å²) >= 11 is 0. The van der Waals surface area contributed by atoms with Gasteiger partial charge in [-0.15, -0.1) is 0 Å². The molecule has 3 heteroatoms. The highest BCUT2D eigenvalue weighted by Gasteiger charge is 2.31. The maximum atomic E-state index is 12.3. The Hall–Kier alpha value is -1.38. The van der Waals surface area contributed by atoms with Crippen LogP contribution in [0.3, 0.4) is 0 Å². The molecule has 0 radical (unpaired) electrons. The lowest BCUT2D eigenvalue weighted by Crippen LogP contribution is -2.13. The van der Waals surface area contributed by atoms with E-state index in [-0.39, 0.29) is 18.0 Å². The van der Waals surface area contributed by atoms with E-state index in [9.17, 15) is 9.59 Å². The van der Waals surface area contributed by atoms with Crippen molar-refractivity contribution in [2.45, 2.75) is 105 Å². The standard InChI is InChI=1S/C25H42O3/c1-6-7-18-25(4,5)19-12-13-21-16-17-23(26)22(21)14-10-8-9-11-15-24(27)28-20(2)3/h8,10,12-13,20-22H,6-7,9,11,14-19H2,1-5H3/b10-8-,13-12+/t21-,22+/m0/s1. The Bertz CT molecular complexity index is 528. The van der Waals surface area contributed by atoms with Gasteiger partial charge >= 0.3 is 5.97 Å². The molecule has 1 aliphatic carbocycles. The van der Waals surface area contributed by atoms with Crippen molar-refractivity contribution < 1.29 is 14.3 Å². The van der Waals surface area contributed by atoms with Crippen molar-refractivity contribution in [3.05, 3.63) is 24.3 Å². The third-order valence-corrected chi connectivity index (χ3v) is 5.59. The lowest BCUT2D eigenvalue weighted by molar-refractivity contribution is -0.147. The Balaban J connectivity index is 2.37. The Morgan fingerprint density at radius 1 is 1.21 bits per heavy atom. The van der Waals surface area contributed by atoms with Gasteiger partial charge in [0.25, 0.3) is 0 Å². The molecule has 1 saturated carbocycles. The lowest BCUT2D eigenvalue weighted by atomic mass is 9.83. The summed E-state index contributed by atoms with van der Waals surface area (Å²) in [6, 6.07) is 0. The molecule has 2 atom stereocenters. The number of rotatable bonds is 13. The molecule has 0 aromatic heterocycles. The van der Waals surface area contributed by atoms with Crippen molar-refractivity contribution in [3.63, 3.8) is 0 Å². The van der Waals surface area contributed by atoms with E-state index in [2.05, 4.69) is 45.1 Å². The molecule has 0 saturated heterocycles. The molecule has 160 valence electrons. The summed E-state index contributed by atoms with van der Waals surface area (Å²) in [7, 11) is 0. The smallest absolute Gasteiger partial charge is 0.306 e. The van der Waals surface area contributed by atoms with Gasteiger partial charge in [-0.1, -0.05) is 57.9 Å². The van der Waals surface area contributed by atoms with Gasteiger partial charge in [0.1, 0.15) is 5.78 Å². The van der Waals surface area contributed by atoms with Crippen LogP contribution in [-0.2, 0) is 14.3 Å². The number of hydrogen-bond donors (Lipinski definition) is 0. The molecular formula is C25H42O3. The molecule has 0 aromatic carbocycles. The van der Waals surface area contributed by atoms with Crippen LogP contribution >= 0.6 is 0 Å². The highest BCUT2D eigenvalue weighted by molar-refractivity contribution is 5.83. The van der Waals surface area contributed by atoms with Gasteiger partial charge in [0.2, 0.25) is 0 Å². The molecule has 1 fully saturated rings. The van der Waals surface area contributed by atoms with E-state index in [1.807, 2.05) is 13.8 Å². The van der Waals surface area contributed by atoms with Gasteiger partial charge in [0.15, 0.2) is 0 Å². The van der Waals surface area contributed by atoms with Crippen LogP contribution in [0, 0.1) is 17.3 Å². The zero-order valence-corrected chi connectivity index (χ0v) is 18.8. The van der Waals surface area contributed by atoms with Gasteiger partial charge in [0.05, 0.1) is 6.10 Å². The van der Waals surface area contributed by atoms with Crippen LogP contribution in [0.2, 0.25) is 0 Å². The first kappa shape index (κ1) is 24.7. The average Bonchev–Trinajstić information content (AvgIpc) is 2.95. The SMILES string of the molecule is CCCCC(C)(C)C/C=C/[C@H]1CCC(=O)[C@@H]1C/C=C\CCCC(=O)OC(C)C. The second-order valence-electron chi connectivity index (χ2n) is 9.31. The van der Waals surface area contributed by atoms with Crippen LogP contribution in [0.25, 0.3) is 0 Å². The first-order valence-corrected chi connectivity index (χ1v) is 11.3. The number of esters is 1. The third kappa shape index (κ3) is 10.2. The molecule has 0 aliphatic heterocycles. The summed E-state index contributed by atoms with van der Waals surface area (Å²) in [5.74, 6) is 0.809. The van der Waals surface area contributed by atoms with Crippen LogP contribution in [0.15, 0.2) is 24.3 Å². The molecule has 3 nitrogen and oxygen atoms in total. The predicted molar refractivity (Wildman–Crippen MR) is 117 cm³/mol. The third-order valence-electron chi connectivity index (χ3n) is 5.59. The molecule has 0 spiro atoms. The maximum Gasteiger partial charge on any atom is 0.306 e. The van der Waals surface area contributed by atoms with Gasteiger partial charge in [-0.3, -0.25) is 9.59 Å². The van der Waals surface area contributed by atoms with Crippen LogP contribution in [0.4, 0.5) is 0 Å². The second kappa shape index (κ2) is 13.0. The number of carbonyl (C=O) groups is 2. The summed E-state index contributed by atoms with van der Waals surface area (Å²) in [5, 5.41) is 0. The van der Waals surface area contributed by atoms with Gasteiger partial charge in [0, 0.05) is 18.8 Å². The van der Waals surface area contributed by atoms with Crippen LogP contribution in [-0.4, -0.2) is 17.9 Å². The second-order valence-corrected chi connectivity index (χ2v) is 9.31. The van der Waals surface area contributed by atoms with Crippen molar-refractivity contribution in [2.24, 2.45) is 17.3 Å². The van der Waals surface area contributed by atoms with Crippen LogP contribution in [0.5, 0.6) is 0 Å². The number of ether oxygens (including phenoxy) is 1. The highest BCUT2D eigenvalue weighted by atomic mass is 16.5. The molecule has 0 N–H and O–H groups in total. The van der Waals surface area contributed by atoms with E-state index in [1.165, 1.54) is 19.3 Å². The van der Waals surface area contributed by atoms with Crippen molar-refractivity contribution in [1.29, 1.82) is 0 Å². The average molecular weight is 391 g/mol. The number of carbonyl (C=O) groups excluding carboxylic acids is 2. The highest BCUT2D eigenvalue weighted by Crippen LogP contribution is 2.34. The fourth-order valence-corrected chi connectivity index (χ4v) is 3.84. The van der Waals surface area contributed by atoms with E-state index < -0.39 is 0 Å². The Morgan fingerprint density at radius 3 is 2.64 bits per heavy atom. The lowest BCUT2D eigenvalue weighted by Gasteiger charge is -2.23. The minimum atomic E-state index is -0.124. The number of allylic oxidation sites excluding steroid dienone is 4. The maximum absolute atomic E-state index is 12.3. The van der Waals surface area contributed by atoms with Gasteiger partial charge in [-0.25, -0.2) is 0 Å². The van der Waals surface area contributed by atoms with Crippen molar-refractivity contribution in [2.75, 3.05) is 0 Å². The topological polar surface area (TPSA) is 43.4 Å². The monoisotopic (exact) mass is 390 g/mol. The summed E-state index contributed by atoms with van der Waals surface area (Å²) in [4.78, 5) is 23.8. The first-order valence-electron chi connectivity index (χ1n) is 11.3. The Labute approximate surface area is 173 Å². The zero-order valence-electron chi connectivity index (χ0n) is 18.8.